The molecule has 58 valence electrons. The van der Waals surface area contributed by atoms with E-state index < -0.39 is 12.3 Å². The average Bonchev–Trinajstić information content (AvgIpc) is 2.29. The molecule has 6 nitrogen and oxygen atoms in total. The van der Waals surface area contributed by atoms with Gasteiger partial charge in [0.05, 0.1) is 0 Å². The molecule has 11 heavy (non-hydrogen) atoms. The minimum atomic E-state index is -0.820. The predicted octanol–water partition coefficient (Wildman–Crippen LogP) is 0.489. The molecule has 6 heteroatoms. The van der Waals surface area contributed by atoms with Crippen molar-refractivity contribution in [1.29, 1.82) is 0 Å². The fourth-order valence-electron chi connectivity index (χ4n) is 0.657. The van der Waals surface area contributed by atoms with Gasteiger partial charge in [0.15, 0.2) is 6.61 Å². The summed E-state index contributed by atoms with van der Waals surface area (Å²) in [6, 6.07) is 0. The lowest BCUT2D eigenvalue weighted by atomic mass is 10.5. The zero-order chi connectivity index (χ0) is 7.84. The molecule has 2 aliphatic rings. The molecule has 2 aliphatic heterocycles. The molecule has 0 radical (unpaired) electrons. The van der Waals surface area contributed by atoms with Crippen LogP contribution in [0.3, 0.4) is 0 Å². The van der Waals surface area contributed by atoms with E-state index in [-0.39, 0.29) is 18.3 Å². The molecule has 0 aromatic carbocycles. The first-order valence-corrected chi connectivity index (χ1v) is 2.73. The van der Waals surface area contributed by atoms with Gasteiger partial charge < -0.3 is 18.9 Å². The quantitative estimate of drug-likeness (QED) is 0.477. The van der Waals surface area contributed by atoms with Crippen LogP contribution >= 0.6 is 0 Å². The fraction of sp³-hybridized carbons (Fsp3) is 0.200. The molecule has 0 saturated carbocycles. The minimum absolute atomic E-state index is 0.0541. The van der Waals surface area contributed by atoms with Crippen molar-refractivity contribution in [2.24, 2.45) is 0 Å². The molecule has 0 aromatic heterocycles. The van der Waals surface area contributed by atoms with Crippen molar-refractivity contribution in [3.63, 3.8) is 0 Å². The Morgan fingerprint density at radius 2 is 1.73 bits per heavy atom. The predicted molar refractivity (Wildman–Crippen MR) is 27.0 cm³/mol. The molecular weight excluding hydrogens is 156 g/mol. The number of rotatable bonds is 0. The Bertz CT molecular complexity index is 254. The second kappa shape index (κ2) is 1.88. The third-order valence-corrected chi connectivity index (χ3v) is 1.11. The molecule has 0 bridgehead atoms. The maximum Gasteiger partial charge on any atom is 0.524 e. The van der Waals surface area contributed by atoms with Gasteiger partial charge in [-0.05, 0) is 0 Å². The lowest BCUT2D eigenvalue weighted by Gasteiger charge is -2.15. The smallest absolute Gasteiger partial charge is 0.425 e. The highest BCUT2D eigenvalue weighted by molar-refractivity contribution is 5.69. The van der Waals surface area contributed by atoms with E-state index in [9.17, 15) is 9.59 Å². The SMILES string of the molecule is O=C1OCC(=C2OC(=O)O2)O1. The van der Waals surface area contributed by atoms with Gasteiger partial charge in [-0.15, -0.1) is 0 Å². The van der Waals surface area contributed by atoms with Crippen LogP contribution in [0.15, 0.2) is 11.7 Å². The number of hydrogen-bond donors (Lipinski definition) is 0. The van der Waals surface area contributed by atoms with Crippen LogP contribution in [-0.2, 0) is 18.9 Å². The van der Waals surface area contributed by atoms with Crippen LogP contribution in [0.2, 0.25) is 0 Å². The largest absolute Gasteiger partial charge is 0.524 e. The van der Waals surface area contributed by atoms with E-state index in [1.54, 1.807) is 0 Å². The third-order valence-electron chi connectivity index (χ3n) is 1.11. The number of cyclic esters (lactones) is 4. The zero-order valence-corrected chi connectivity index (χ0v) is 5.16. The van der Waals surface area contributed by atoms with E-state index in [4.69, 9.17) is 0 Å². The Morgan fingerprint density at radius 3 is 2.18 bits per heavy atom. The standard InChI is InChI=1S/C5H2O6/c6-4-8-1-2(9-4)3-10-5(7)11-3/h1H2. The second-order valence-corrected chi connectivity index (χ2v) is 1.81. The van der Waals surface area contributed by atoms with Gasteiger partial charge in [-0.3, -0.25) is 0 Å². The molecule has 2 heterocycles. The lowest BCUT2D eigenvalue weighted by Crippen LogP contribution is -2.22. The molecular formula is C5H2O6. The van der Waals surface area contributed by atoms with Crippen molar-refractivity contribution in [2.75, 3.05) is 6.61 Å². The van der Waals surface area contributed by atoms with Gasteiger partial charge in [-0.2, -0.15) is 0 Å². The molecule has 0 aromatic rings. The number of ether oxygens (including phenoxy) is 4. The monoisotopic (exact) mass is 158 g/mol. The molecule has 0 unspecified atom stereocenters. The summed E-state index contributed by atoms with van der Waals surface area (Å²) >= 11 is 0. The molecule has 0 atom stereocenters. The molecule has 0 aliphatic carbocycles. The minimum Gasteiger partial charge on any atom is -0.425 e. The van der Waals surface area contributed by atoms with E-state index in [2.05, 4.69) is 18.9 Å². The van der Waals surface area contributed by atoms with Crippen molar-refractivity contribution in [3.8, 4) is 0 Å². The van der Waals surface area contributed by atoms with E-state index in [1.807, 2.05) is 0 Å². The molecule has 2 fully saturated rings. The van der Waals surface area contributed by atoms with Crippen LogP contribution in [-0.4, -0.2) is 18.9 Å². The Labute approximate surface area is 60.3 Å². The fourth-order valence-corrected chi connectivity index (χ4v) is 0.657. The summed E-state index contributed by atoms with van der Waals surface area (Å²) in [4.78, 5) is 20.4. The van der Waals surface area contributed by atoms with Crippen molar-refractivity contribution in [3.05, 3.63) is 11.7 Å². The van der Waals surface area contributed by atoms with E-state index in [0.717, 1.165) is 0 Å². The summed E-state index contributed by atoms with van der Waals surface area (Å²) in [6.07, 6.45) is -1.63. The van der Waals surface area contributed by atoms with Gasteiger partial charge in [0.2, 0.25) is 5.76 Å². The Balaban J connectivity index is 2.11. The van der Waals surface area contributed by atoms with Gasteiger partial charge in [0.1, 0.15) is 0 Å². The highest BCUT2D eigenvalue weighted by Crippen LogP contribution is 2.23. The maximum atomic E-state index is 10.3. The molecule has 0 N–H and O–H groups in total. The highest BCUT2D eigenvalue weighted by atomic mass is 16.9. The molecule has 2 saturated heterocycles. The Hall–Kier alpha value is -1.72. The average molecular weight is 158 g/mol. The Morgan fingerprint density at radius 1 is 1.00 bits per heavy atom. The summed E-state index contributed by atoms with van der Waals surface area (Å²) in [7, 11) is 0. The number of carbonyl (C=O) groups is 2. The van der Waals surface area contributed by atoms with Gasteiger partial charge in [-0.1, -0.05) is 0 Å². The van der Waals surface area contributed by atoms with Crippen LogP contribution in [0.1, 0.15) is 0 Å². The van der Waals surface area contributed by atoms with Crippen LogP contribution in [0, 0.1) is 0 Å². The van der Waals surface area contributed by atoms with Crippen molar-refractivity contribution >= 4 is 12.3 Å². The van der Waals surface area contributed by atoms with Gasteiger partial charge in [-0.25, -0.2) is 9.59 Å². The first-order valence-electron chi connectivity index (χ1n) is 2.73. The Kier molecular flexibility index (Phi) is 1.03. The summed E-state index contributed by atoms with van der Waals surface area (Å²) in [5.74, 6) is -0.00421. The van der Waals surface area contributed by atoms with Gasteiger partial charge in [0, 0.05) is 0 Å². The van der Waals surface area contributed by atoms with Crippen molar-refractivity contribution in [1.82, 2.24) is 0 Å². The molecule has 0 amide bonds. The third kappa shape index (κ3) is 0.878. The summed E-state index contributed by atoms with van der Waals surface area (Å²) < 4.78 is 17.5. The summed E-state index contributed by atoms with van der Waals surface area (Å²) in [5, 5.41) is 0. The van der Waals surface area contributed by atoms with Gasteiger partial charge >= 0.3 is 18.3 Å². The maximum absolute atomic E-state index is 10.3. The first-order chi connectivity index (χ1) is 5.25. The van der Waals surface area contributed by atoms with Crippen molar-refractivity contribution in [2.45, 2.75) is 0 Å². The topological polar surface area (TPSA) is 71.1 Å². The molecule has 0 spiro atoms. The second-order valence-electron chi connectivity index (χ2n) is 1.81. The highest BCUT2D eigenvalue weighted by Gasteiger charge is 2.34. The zero-order valence-electron chi connectivity index (χ0n) is 5.16. The van der Waals surface area contributed by atoms with E-state index in [1.165, 1.54) is 0 Å². The van der Waals surface area contributed by atoms with Crippen LogP contribution < -0.4 is 0 Å². The first kappa shape index (κ1) is 6.02. The van der Waals surface area contributed by atoms with Crippen LogP contribution in [0.4, 0.5) is 9.59 Å². The van der Waals surface area contributed by atoms with Crippen molar-refractivity contribution < 1.29 is 28.5 Å². The number of carbonyl (C=O) groups excluding carboxylic acids is 2. The van der Waals surface area contributed by atoms with Crippen LogP contribution in [0.5, 0.6) is 0 Å². The molecule has 2 rings (SSSR count). The van der Waals surface area contributed by atoms with E-state index >= 15 is 0 Å². The summed E-state index contributed by atoms with van der Waals surface area (Å²) in [6.45, 7) is -0.0541. The van der Waals surface area contributed by atoms with E-state index in [0.29, 0.717) is 0 Å². The van der Waals surface area contributed by atoms with Gasteiger partial charge in [0.25, 0.3) is 0 Å². The lowest BCUT2D eigenvalue weighted by molar-refractivity contribution is -0.0357. The summed E-state index contributed by atoms with van der Waals surface area (Å²) in [5.41, 5.74) is 0. The number of hydrogen-bond acceptors (Lipinski definition) is 6. The normalized spacial score (nSPS) is 21.5. The van der Waals surface area contributed by atoms with Crippen LogP contribution in [0.25, 0.3) is 0 Å².